The Morgan fingerprint density at radius 2 is 1.94 bits per heavy atom. The van der Waals surface area contributed by atoms with Crippen LogP contribution in [0.2, 0.25) is 0 Å². The minimum atomic E-state index is -4.39. The van der Waals surface area contributed by atoms with Gasteiger partial charge < -0.3 is 0 Å². The normalized spacial score (nSPS) is 12.2. The van der Waals surface area contributed by atoms with E-state index in [0.29, 0.717) is 5.69 Å². The van der Waals surface area contributed by atoms with Gasteiger partial charge in [-0.2, -0.15) is 18.3 Å². The van der Waals surface area contributed by atoms with Crippen LogP contribution in [0.1, 0.15) is 5.69 Å². The number of alkyl halides is 3. The Balaban J connectivity index is 2.13. The van der Waals surface area contributed by atoms with E-state index in [1.165, 1.54) is 11.3 Å². The monoisotopic (exact) mass is 268 g/mol. The van der Waals surface area contributed by atoms with Crippen LogP contribution in [-0.2, 0) is 6.18 Å². The molecule has 92 valence electrons. The maximum absolute atomic E-state index is 12.5. The Hall–Kier alpha value is -1.82. The van der Waals surface area contributed by atoms with Gasteiger partial charge in [0.15, 0.2) is 0 Å². The zero-order valence-electron chi connectivity index (χ0n) is 8.95. The average Bonchev–Trinajstić information content (AvgIpc) is 2.94. The smallest absolute Gasteiger partial charge is 0.273 e. The molecule has 0 aliphatic carbocycles. The van der Waals surface area contributed by atoms with Crippen LogP contribution in [0.25, 0.3) is 21.3 Å². The van der Waals surface area contributed by atoms with Crippen LogP contribution < -0.4 is 0 Å². The highest BCUT2D eigenvalue weighted by Gasteiger charge is 2.33. The zero-order valence-corrected chi connectivity index (χ0v) is 9.77. The summed E-state index contributed by atoms with van der Waals surface area (Å²) in [6, 6.07) is 8.60. The van der Waals surface area contributed by atoms with Crippen LogP contribution in [0.4, 0.5) is 13.2 Å². The third-order valence-electron chi connectivity index (χ3n) is 2.64. The maximum Gasteiger partial charge on any atom is 0.432 e. The van der Waals surface area contributed by atoms with E-state index in [0.717, 1.165) is 21.7 Å². The average molecular weight is 268 g/mol. The predicted octanol–water partition coefficient (Wildman–Crippen LogP) is 4.31. The minimum absolute atomic E-state index is 0.319. The van der Waals surface area contributed by atoms with Crippen molar-refractivity contribution >= 4 is 21.4 Å². The molecule has 2 heterocycles. The Kier molecular flexibility index (Phi) is 2.41. The molecule has 0 aliphatic rings. The van der Waals surface area contributed by atoms with Crippen LogP contribution in [0, 0.1) is 0 Å². The van der Waals surface area contributed by atoms with E-state index in [4.69, 9.17) is 0 Å². The fraction of sp³-hybridized carbons (Fsp3) is 0.0833. The number of nitrogens with one attached hydrogen (secondary N) is 1. The molecule has 0 unspecified atom stereocenters. The molecule has 0 saturated carbocycles. The molecule has 0 radical (unpaired) electrons. The van der Waals surface area contributed by atoms with Crippen molar-refractivity contribution in [3.05, 3.63) is 41.4 Å². The number of halogens is 3. The van der Waals surface area contributed by atoms with E-state index in [-0.39, 0.29) is 0 Å². The number of hydrogen-bond acceptors (Lipinski definition) is 2. The van der Waals surface area contributed by atoms with Crippen LogP contribution >= 0.6 is 11.3 Å². The van der Waals surface area contributed by atoms with Crippen LogP contribution in [-0.4, -0.2) is 10.2 Å². The van der Waals surface area contributed by atoms with Gasteiger partial charge in [0.2, 0.25) is 0 Å². The molecule has 0 saturated heterocycles. The van der Waals surface area contributed by atoms with E-state index in [2.05, 4.69) is 5.10 Å². The van der Waals surface area contributed by atoms with Crippen molar-refractivity contribution in [2.75, 3.05) is 0 Å². The molecular weight excluding hydrogens is 261 g/mol. The van der Waals surface area contributed by atoms with Crippen molar-refractivity contribution in [3.8, 4) is 11.3 Å². The standard InChI is InChI=1S/C12H7F3N2S/c13-12(14,15)11-5-9(16-17-11)8-6-18-10-4-2-1-3-7(8)10/h1-6H,(H,16,17). The van der Waals surface area contributed by atoms with Crippen LogP contribution in [0.15, 0.2) is 35.7 Å². The van der Waals surface area contributed by atoms with E-state index in [1.54, 1.807) is 0 Å². The van der Waals surface area contributed by atoms with Gasteiger partial charge in [0.25, 0.3) is 0 Å². The number of aromatic nitrogens is 2. The Morgan fingerprint density at radius 1 is 1.17 bits per heavy atom. The topological polar surface area (TPSA) is 28.7 Å². The predicted molar refractivity (Wildman–Crippen MR) is 64.4 cm³/mol. The molecule has 0 aliphatic heterocycles. The molecular formula is C12H7F3N2S. The van der Waals surface area contributed by atoms with Crippen LogP contribution in [0.5, 0.6) is 0 Å². The molecule has 3 rings (SSSR count). The van der Waals surface area contributed by atoms with Gasteiger partial charge in [0, 0.05) is 21.0 Å². The summed E-state index contributed by atoms with van der Waals surface area (Å²) in [5.74, 6) is 0. The summed E-state index contributed by atoms with van der Waals surface area (Å²) in [5, 5.41) is 8.50. The van der Waals surface area contributed by atoms with Gasteiger partial charge >= 0.3 is 6.18 Å². The first kappa shape index (κ1) is 11.3. The number of thiophene rings is 1. The summed E-state index contributed by atoms with van der Waals surface area (Å²) >= 11 is 1.49. The van der Waals surface area contributed by atoms with Crippen molar-refractivity contribution in [1.82, 2.24) is 10.2 Å². The molecule has 2 nitrogen and oxygen atoms in total. The number of fused-ring (bicyclic) bond motifs is 1. The maximum atomic E-state index is 12.5. The number of hydrogen-bond donors (Lipinski definition) is 1. The van der Waals surface area contributed by atoms with Crippen molar-refractivity contribution in [1.29, 1.82) is 0 Å². The minimum Gasteiger partial charge on any atom is -0.273 e. The van der Waals surface area contributed by atoms with Gasteiger partial charge in [-0.25, -0.2) is 0 Å². The van der Waals surface area contributed by atoms with Crippen molar-refractivity contribution < 1.29 is 13.2 Å². The van der Waals surface area contributed by atoms with Crippen LogP contribution in [0.3, 0.4) is 0 Å². The summed E-state index contributed by atoms with van der Waals surface area (Å²) in [7, 11) is 0. The second-order valence-electron chi connectivity index (χ2n) is 3.81. The molecule has 0 fully saturated rings. The molecule has 1 aromatic carbocycles. The fourth-order valence-corrected chi connectivity index (χ4v) is 2.74. The molecule has 6 heteroatoms. The van der Waals surface area contributed by atoms with E-state index >= 15 is 0 Å². The summed E-state index contributed by atoms with van der Waals surface area (Å²) < 4.78 is 38.5. The van der Waals surface area contributed by atoms with Gasteiger partial charge in [-0.05, 0) is 12.1 Å². The number of aromatic amines is 1. The molecule has 0 spiro atoms. The van der Waals surface area contributed by atoms with Gasteiger partial charge in [0.05, 0.1) is 5.69 Å². The number of benzene rings is 1. The molecule has 0 bridgehead atoms. The Bertz CT molecular complexity index is 696. The van der Waals surface area contributed by atoms with E-state index < -0.39 is 11.9 Å². The highest BCUT2D eigenvalue weighted by atomic mass is 32.1. The number of rotatable bonds is 1. The van der Waals surface area contributed by atoms with Gasteiger partial charge in [-0.15, -0.1) is 11.3 Å². The third-order valence-corrected chi connectivity index (χ3v) is 3.60. The SMILES string of the molecule is FC(F)(F)c1cc(-c2csc3ccccc23)n[nH]1. The second-order valence-corrected chi connectivity index (χ2v) is 4.72. The molecule has 1 N–H and O–H groups in total. The first-order chi connectivity index (χ1) is 8.55. The van der Waals surface area contributed by atoms with Crippen molar-refractivity contribution in [2.24, 2.45) is 0 Å². The highest BCUT2D eigenvalue weighted by molar-refractivity contribution is 7.17. The van der Waals surface area contributed by atoms with E-state index in [9.17, 15) is 13.2 Å². The van der Waals surface area contributed by atoms with Gasteiger partial charge in [0.1, 0.15) is 5.69 Å². The molecule has 18 heavy (non-hydrogen) atoms. The molecule has 0 atom stereocenters. The molecule has 2 aromatic heterocycles. The van der Waals surface area contributed by atoms with Gasteiger partial charge in [-0.3, -0.25) is 5.10 Å². The quantitative estimate of drug-likeness (QED) is 0.700. The zero-order chi connectivity index (χ0) is 12.8. The van der Waals surface area contributed by atoms with Crippen molar-refractivity contribution in [3.63, 3.8) is 0 Å². The molecule has 3 aromatic rings. The summed E-state index contributed by atoms with van der Waals surface area (Å²) in [4.78, 5) is 0. The lowest BCUT2D eigenvalue weighted by molar-refractivity contribution is -0.141. The second kappa shape index (κ2) is 3.84. The first-order valence-corrected chi connectivity index (χ1v) is 6.03. The first-order valence-electron chi connectivity index (χ1n) is 5.15. The third kappa shape index (κ3) is 1.78. The number of nitrogens with zero attached hydrogens (tertiary/aromatic N) is 1. The summed E-state index contributed by atoms with van der Waals surface area (Å²) in [6.45, 7) is 0. The fourth-order valence-electron chi connectivity index (χ4n) is 1.78. The Labute approximate surface area is 104 Å². The lowest BCUT2D eigenvalue weighted by Gasteiger charge is -1.99. The van der Waals surface area contributed by atoms with Crippen molar-refractivity contribution in [2.45, 2.75) is 6.18 Å². The Morgan fingerprint density at radius 3 is 2.67 bits per heavy atom. The van der Waals surface area contributed by atoms with E-state index in [1.807, 2.05) is 34.7 Å². The largest absolute Gasteiger partial charge is 0.432 e. The summed E-state index contributed by atoms with van der Waals surface area (Å²) in [5.41, 5.74) is 0.218. The molecule has 0 amide bonds. The highest BCUT2D eigenvalue weighted by Crippen LogP contribution is 2.35. The van der Waals surface area contributed by atoms with Gasteiger partial charge in [-0.1, -0.05) is 18.2 Å². The lowest BCUT2D eigenvalue weighted by Crippen LogP contribution is -2.04. The lowest BCUT2D eigenvalue weighted by atomic mass is 10.1. The number of H-pyrrole nitrogens is 1. The summed E-state index contributed by atoms with van der Waals surface area (Å²) in [6.07, 6.45) is -4.39.